The number of aryl methyl sites for hydroxylation is 1. The summed E-state index contributed by atoms with van der Waals surface area (Å²) < 4.78 is 15.1. The van der Waals surface area contributed by atoms with Gasteiger partial charge in [0.15, 0.2) is 12.4 Å². The van der Waals surface area contributed by atoms with E-state index in [4.69, 9.17) is 9.26 Å². The third-order valence-corrected chi connectivity index (χ3v) is 3.71. The maximum atomic E-state index is 11.5. The smallest absolute Gasteiger partial charge is 0.338 e. The predicted octanol–water partition coefficient (Wildman–Crippen LogP) is 3.32. The van der Waals surface area contributed by atoms with Crippen LogP contribution in [0.5, 0.6) is 5.75 Å². The van der Waals surface area contributed by atoms with Gasteiger partial charge in [-0.15, -0.1) is 0 Å². The number of rotatable bonds is 6. The van der Waals surface area contributed by atoms with Crippen molar-refractivity contribution in [2.24, 2.45) is 0 Å². The van der Waals surface area contributed by atoms with Gasteiger partial charge in [0.1, 0.15) is 0 Å². The Labute approximate surface area is 153 Å². The zero-order chi connectivity index (χ0) is 19.4. The van der Waals surface area contributed by atoms with Crippen LogP contribution in [0.25, 0.3) is 11.4 Å². The quantitative estimate of drug-likeness (QED) is 0.369. The van der Waals surface area contributed by atoms with E-state index >= 15 is 0 Å². The molecule has 0 N–H and O–H groups in total. The van der Waals surface area contributed by atoms with Crippen LogP contribution in [0.15, 0.2) is 47.0 Å². The predicted molar refractivity (Wildman–Crippen MR) is 93.2 cm³/mol. The van der Waals surface area contributed by atoms with Gasteiger partial charge in [-0.05, 0) is 19.1 Å². The molecule has 27 heavy (non-hydrogen) atoms. The fourth-order valence-corrected chi connectivity index (χ4v) is 2.30. The van der Waals surface area contributed by atoms with Gasteiger partial charge in [0.25, 0.3) is 5.89 Å². The number of hydrogen-bond donors (Lipinski definition) is 0. The fraction of sp³-hybridized carbons (Fsp3) is 0.167. The van der Waals surface area contributed by atoms with E-state index in [0.717, 1.165) is 17.2 Å². The Morgan fingerprint density at radius 2 is 1.96 bits per heavy atom. The van der Waals surface area contributed by atoms with Gasteiger partial charge in [0.2, 0.25) is 5.82 Å². The number of methoxy groups -OCH3 is 1. The van der Waals surface area contributed by atoms with Crippen LogP contribution in [0, 0.1) is 17.0 Å². The summed E-state index contributed by atoms with van der Waals surface area (Å²) in [6.45, 7) is 1.81. The van der Waals surface area contributed by atoms with Crippen molar-refractivity contribution in [3.8, 4) is 17.1 Å². The van der Waals surface area contributed by atoms with E-state index in [9.17, 15) is 14.9 Å². The number of carbonyl (C=O) groups is 1. The van der Waals surface area contributed by atoms with E-state index in [-0.39, 0.29) is 29.5 Å². The molecule has 0 saturated heterocycles. The lowest BCUT2D eigenvalue weighted by atomic mass is 10.1. The number of aromatic nitrogens is 2. The van der Waals surface area contributed by atoms with Crippen LogP contribution in [0.4, 0.5) is 5.69 Å². The highest BCUT2D eigenvalue weighted by atomic mass is 16.6. The molecular weight excluding hydrogens is 354 g/mol. The lowest BCUT2D eigenvalue weighted by Crippen LogP contribution is -2.04. The van der Waals surface area contributed by atoms with Crippen molar-refractivity contribution in [1.29, 1.82) is 0 Å². The Morgan fingerprint density at radius 1 is 1.22 bits per heavy atom. The van der Waals surface area contributed by atoms with Crippen molar-refractivity contribution in [2.75, 3.05) is 7.11 Å². The van der Waals surface area contributed by atoms with E-state index in [1.165, 1.54) is 19.2 Å². The van der Waals surface area contributed by atoms with Crippen LogP contribution in [-0.2, 0) is 11.3 Å². The number of nitrogens with zero attached hydrogens (tertiary/aromatic N) is 3. The van der Waals surface area contributed by atoms with Crippen LogP contribution < -0.4 is 4.74 Å². The van der Waals surface area contributed by atoms with Crippen LogP contribution in [0.1, 0.15) is 21.8 Å². The number of benzene rings is 2. The molecule has 1 aromatic heterocycles. The Morgan fingerprint density at radius 3 is 2.63 bits per heavy atom. The Balaban J connectivity index is 1.76. The second-order valence-corrected chi connectivity index (χ2v) is 5.60. The molecule has 2 aromatic carbocycles. The maximum Gasteiger partial charge on any atom is 0.338 e. The van der Waals surface area contributed by atoms with Crippen LogP contribution >= 0.6 is 0 Å². The van der Waals surface area contributed by atoms with Crippen LogP contribution in [0.3, 0.4) is 0 Å². The molecule has 0 atom stereocenters. The van der Waals surface area contributed by atoms with Gasteiger partial charge >= 0.3 is 11.7 Å². The summed E-state index contributed by atoms with van der Waals surface area (Å²) in [5.41, 5.74) is 1.57. The van der Waals surface area contributed by atoms with Gasteiger partial charge in [0.05, 0.1) is 17.6 Å². The van der Waals surface area contributed by atoms with Crippen LogP contribution in [-0.4, -0.2) is 28.1 Å². The molecule has 0 aliphatic carbocycles. The highest BCUT2D eigenvalue weighted by molar-refractivity contribution is 5.90. The second kappa shape index (κ2) is 7.65. The van der Waals surface area contributed by atoms with Crippen molar-refractivity contribution in [1.82, 2.24) is 10.1 Å². The van der Waals surface area contributed by atoms with E-state index in [2.05, 4.69) is 14.9 Å². The Bertz CT molecular complexity index is 981. The number of carbonyl (C=O) groups excluding carboxylic acids is 1. The van der Waals surface area contributed by atoms with E-state index in [1.54, 1.807) is 0 Å². The first-order valence-corrected chi connectivity index (χ1v) is 7.87. The Hall–Kier alpha value is -3.75. The first-order valence-electron chi connectivity index (χ1n) is 7.87. The molecule has 0 unspecified atom stereocenters. The molecule has 138 valence electrons. The van der Waals surface area contributed by atoms with Crippen molar-refractivity contribution in [2.45, 2.75) is 13.5 Å². The average Bonchev–Trinajstić information content (AvgIpc) is 3.15. The molecule has 0 bridgehead atoms. The largest absolute Gasteiger partial charge is 0.477 e. The molecule has 3 aromatic rings. The molecule has 0 aliphatic heterocycles. The number of nitro benzene ring substituents is 1. The highest BCUT2D eigenvalue weighted by Crippen LogP contribution is 2.29. The zero-order valence-corrected chi connectivity index (χ0v) is 14.5. The maximum absolute atomic E-state index is 11.5. The first kappa shape index (κ1) is 18.1. The minimum absolute atomic E-state index is 0.0252. The van der Waals surface area contributed by atoms with Crippen molar-refractivity contribution in [3.63, 3.8) is 0 Å². The number of hydrogen-bond acceptors (Lipinski definition) is 8. The summed E-state index contributed by atoms with van der Waals surface area (Å²) in [6, 6.07) is 11.4. The fourth-order valence-electron chi connectivity index (χ4n) is 2.30. The number of esters is 1. The topological polar surface area (TPSA) is 118 Å². The molecule has 0 saturated carbocycles. The lowest BCUT2D eigenvalue weighted by molar-refractivity contribution is -0.386. The third kappa shape index (κ3) is 4.09. The molecule has 0 fully saturated rings. The van der Waals surface area contributed by atoms with Gasteiger partial charge in [-0.1, -0.05) is 35.0 Å². The summed E-state index contributed by atoms with van der Waals surface area (Å²) in [6.07, 6.45) is 0. The minimum atomic E-state index is -0.677. The molecule has 3 rings (SSSR count). The molecule has 9 nitrogen and oxygen atoms in total. The summed E-state index contributed by atoms with van der Waals surface area (Å²) >= 11 is 0. The van der Waals surface area contributed by atoms with E-state index in [0.29, 0.717) is 5.82 Å². The molecule has 1 heterocycles. The van der Waals surface area contributed by atoms with Gasteiger partial charge in [-0.2, -0.15) is 4.98 Å². The first-order chi connectivity index (χ1) is 13.0. The van der Waals surface area contributed by atoms with E-state index < -0.39 is 10.9 Å². The summed E-state index contributed by atoms with van der Waals surface area (Å²) in [5.74, 6) is -0.145. The molecular formula is C18H15N3O6. The normalized spacial score (nSPS) is 10.4. The molecule has 0 spiro atoms. The lowest BCUT2D eigenvalue weighted by Gasteiger charge is -2.05. The van der Waals surface area contributed by atoms with Gasteiger partial charge in [0, 0.05) is 11.6 Å². The highest BCUT2D eigenvalue weighted by Gasteiger charge is 2.20. The van der Waals surface area contributed by atoms with Gasteiger partial charge in [-0.25, -0.2) is 4.79 Å². The van der Waals surface area contributed by atoms with Crippen LogP contribution in [0.2, 0.25) is 0 Å². The van der Waals surface area contributed by atoms with E-state index in [1.807, 2.05) is 31.2 Å². The minimum Gasteiger partial charge on any atom is -0.477 e. The van der Waals surface area contributed by atoms with Crippen molar-refractivity contribution in [3.05, 3.63) is 69.6 Å². The standard InChI is InChI=1S/C18H15N3O6/c1-11-3-5-12(6-4-11)17-19-16(27-20-17)10-26-15-8-7-13(18(22)25-2)9-14(15)21(23)24/h3-9H,10H2,1-2H3. The summed E-state index contributed by atoms with van der Waals surface area (Å²) in [7, 11) is 1.19. The van der Waals surface area contributed by atoms with Crippen molar-refractivity contribution >= 4 is 11.7 Å². The Kier molecular flexibility index (Phi) is 5.11. The average molecular weight is 369 g/mol. The monoisotopic (exact) mass is 369 g/mol. The van der Waals surface area contributed by atoms with Gasteiger partial charge in [-0.3, -0.25) is 10.1 Å². The zero-order valence-electron chi connectivity index (χ0n) is 14.5. The summed E-state index contributed by atoms with van der Waals surface area (Å²) in [5, 5.41) is 15.1. The SMILES string of the molecule is COC(=O)c1ccc(OCc2nc(-c3ccc(C)cc3)no2)c([N+](=O)[O-])c1. The summed E-state index contributed by atoms with van der Waals surface area (Å²) in [4.78, 5) is 26.3. The third-order valence-electron chi connectivity index (χ3n) is 3.71. The molecule has 0 aliphatic rings. The molecule has 0 radical (unpaired) electrons. The van der Waals surface area contributed by atoms with Gasteiger partial charge < -0.3 is 14.0 Å². The van der Waals surface area contributed by atoms with Crippen molar-refractivity contribution < 1.29 is 23.7 Å². The second-order valence-electron chi connectivity index (χ2n) is 5.60. The number of nitro groups is 1. The molecule has 9 heteroatoms. The molecule has 0 amide bonds. The number of ether oxygens (including phenoxy) is 2.